The Morgan fingerprint density at radius 3 is 1.96 bits per heavy atom. The van der Waals surface area contributed by atoms with Gasteiger partial charge in [0.05, 0.1) is 16.1 Å². The third kappa shape index (κ3) is 4.43. The minimum Gasteiger partial charge on any atom is -0.294 e. The summed E-state index contributed by atoms with van der Waals surface area (Å²) in [6.07, 6.45) is -4.55. The van der Waals surface area contributed by atoms with Crippen LogP contribution in [0.1, 0.15) is 36.7 Å². The highest BCUT2D eigenvalue weighted by Crippen LogP contribution is 2.31. The van der Waals surface area contributed by atoms with Crippen molar-refractivity contribution < 1.29 is 26.4 Å². The van der Waals surface area contributed by atoms with E-state index >= 15 is 0 Å². The highest BCUT2D eigenvalue weighted by Gasteiger charge is 2.31. The van der Waals surface area contributed by atoms with Crippen molar-refractivity contribution in [3.63, 3.8) is 0 Å². The molecule has 0 saturated carbocycles. The predicted molar refractivity (Wildman–Crippen MR) is 92.5 cm³/mol. The van der Waals surface area contributed by atoms with E-state index in [0.29, 0.717) is 12.1 Å². The summed E-state index contributed by atoms with van der Waals surface area (Å²) in [5, 5.41) is 0. The zero-order chi connectivity index (χ0) is 19.8. The Morgan fingerprint density at radius 1 is 0.923 bits per heavy atom. The lowest BCUT2D eigenvalue weighted by Gasteiger charge is -2.19. The molecule has 140 valence electrons. The molecule has 0 aliphatic carbocycles. The second-order valence-corrected chi connectivity index (χ2v) is 8.43. The number of carbonyl (C=O) groups is 1. The highest BCUT2D eigenvalue weighted by molar-refractivity contribution is 7.92. The Morgan fingerprint density at radius 2 is 1.46 bits per heavy atom. The standard InChI is InChI=1S/C18H18F3NO3S/c1-17(2,3)16(23)14-6-4-5-7-15(14)22-26(24,25)13-10-8-12(9-11-13)18(19,20)21/h4-11,22H,1-3H3. The van der Waals surface area contributed by atoms with Gasteiger partial charge in [-0.25, -0.2) is 8.42 Å². The lowest BCUT2D eigenvalue weighted by atomic mass is 9.86. The molecule has 4 nitrogen and oxygen atoms in total. The largest absolute Gasteiger partial charge is 0.416 e. The average Bonchev–Trinajstić information content (AvgIpc) is 2.53. The van der Waals surface area contributed by atoms with Crippen LogP contribution in [-0.2, 0) is 16.2 Å². The number of anilines is 1. The van der Waals surface area contributed by atoms with Crippen LogP contribution in [0.3, 0.4) is 0 Å². The molecule has 8 heteroatoms. The highest BCUT2D eigenvalue weighted by atomic mass is 32.2. The van der Waals surface area contributed by atoms with Crippen LogP contribution in [0.4, 0.5) is 18.9 Å². The Balaban J connectivity index is 2.38. The summed E-state index contributed by atoms with van der Waals surface area (Å²) in [7, 11) is -4.15. The number of benzene rings is 2. The van der Waals surface area contributed by atoms with Crippen molar-refractivity contribution in [1.29, 1.82) is 0 Å². The van der Waals surface area contributed by atoms with E-state index in [2.05, 4.69) is 4.72 Å². The third-order valence-corrected chi connectivity index (χ3v) is 4.97. The molecule has 0 radical (unpaired) electrons. The number of carbonyl (C=O) groups excluding carboxylic acids is 1. The van der Waals surface area contributed by atoms with Crippen LogP contribution in [0.25, 0.3) is 0 Å². The molecular formula is C18H18F3NO3S. The van der Waals surface area contributed by atoms with Crippen molar-refractivity contribution in [2.24, 2.45) is 5.41 Å². The number of ketones is 1. The average molecular weight is 385 g/mol. The van der Waals surface area contributed by atoms with Gasteiger partial charge in [0.15, 0.2) is 5.78 Å². The zero-order valence-corrected chi connectivity index (χ0v) is 15.2. The van der Waals surface area contributed by atoms with E-state index in [-0.39, 0.29) is 21.9 Å². The second-order valence-electron chi connectivity index (χ2n) is 6.75. The fourth-order valence-electron chi connectivity index (χ4n) is 2.20. The SMILES string of the molecule is CC(C)(C)C(=O)c1ccccc1NS(=O)(=O)c1ccc(C(F)(F)F)cc1. The Bertz CT molecular complexity index is 912. The lowest BCUT2D eigenvalue weighted by molar-refractivity contribution is -0.137. The van der Waals surface area contributed by atoms with E-state index in [9.17, 15) is 26.4 Å². The smallest absolute Gasteiger partial charge is 0.294 e. The molecule has 1 N–H and O–H groups in total. The summed E-state index contributed by atoms with van der Waals surface area (Å²) in [6, 6.07) is 9.23. The monoisotopic (exact) mass is 385 g/mol. The van der Waals surface area contributed by atoms with Gasteiger partial charge < -0.3 is 0 Å². The van der Waals surface area contributed by atoms with Gasteiger partial charge in [-0.15, -0.1) is 0 Å². The summed E-state index contributed by atoms with van der Waals surface area (Å²) in [6.45, 7) is 5.11. The van der Waals surface area contributed by atoms with Crippen molar-refractivity contribution in [3.05, 3.63) is 59.7 Å². The van der Waals surface area contributed by atoms with Crippen LogP contribution in [0.5, 0.6) is 0 Å². The molecule has 26 heavy (non-hydrogen) atoms. The molecule has 2 rings (SSSR count). The quantitative estimate of drug-likeness (QED) is 0.774. The maximum absolute atomic E-state index is 12.6. The number of sulfonamides is 1. The van der Waals surface area contributed by atoms with Crippen molar-refractivity contribution >= 4 is 21.5 Å². The first-order chi connectivity index (χ1) is 11.8. The van der Waals surface area contributed by atoms with E-state index in [1.54, 1.807) is 32.9 Å². The van der Waals surface area contributed by atoms with Gasteiger partial charge in [-0.05, 0) is 36.4 Å². The minimum atomic E-state index is -4.55. The Kier molecular flexibility index (Phi) is 5.19. The van der Waals surface area contributed by atoms with Crippen LogP contribution < -0.4 is 4.72 Å². The van der Waals surface area contributed by atoms with Crippen LogP contribution >= 0.6 is 0 Å². The first-order valence-corrected chi connectivity index (χ1v) is 9.14. The van der Waals surface area contributed by atoms with Crippen molar-refractivity contribution in [3.8, 4) is 0 Å². The summed E-state index contributed by atoms with van der Waals surface area (Å²) in [5.41, 5.74) is -1.40. The normalized spacial score (nSPS) is 12.7. The third-order valence-electron chi connectivity index (χ3n) is 3.59. The molecule has 0 heterocycles. The summed E-state index contributed by atoms with van der Waals surface area (Å²) in [5.74, 6) is -0.261. The van der Waals surface area contributed by atoms with Crippen LogP contribution in [0, 0.1) is 5.41 Å². The molecule has 0 fully saturated rings. The summed E-state index contributed by atoms with van der Waals surface area (Å²) < 4.78 is 65.1. The summed E-state index contributed by atoms with van der Waals surface area (Å²) in [4.78, 5) is 12.2. The number of hydrogen-bond acceptors (Lipinski definition) is 3. The maximum Gasteiger partial charge on any atom is 0.416 e. The molecule has 0 aliphatic rings. The van der Waals surface area contributed by atoms with Gasteiger partial charge in [0.25, 0.3) is 10.0 Å². The first kappa shape index (κ1) is 20.0. The van der Waals surface area contributed by atoms with Crippen molar-refractivity contribution in [2.45, 2.75) is 31.8 Å². The number of rotatable bonds is 4. The predicted octanol–water partition coefficient (Wildman–Crippen LogP) is 4.74. The molecule has 0 aliphatic heterocycles. The van der Waals surface area contributed by atoms with E-state index in [0.717, 1.165) is 12.1 Å². The van der Waals surface area contributed by atoms with Crippen molar-refractivity contribution in [1.82, 2.24) is 0 Å². The van der Waals surface area contributed by atoms with Crippen LogP contribution in [0.2, 0.25) is 0 Å². The van der Waals surface area contributed by atoms with Gasteiger partial charge in [0.1, 0.15) is 0 Å². The van der Waals surface area contributed by atoms with Crippen molar-refractivity contribution in [2.75, 3.05) is 4.72 Å². The van der Waals surface area contributed by atoms with Gasteiger partial charge in [0, 0.05) is 11.0 Å². The van der Waals surface area contributed by atoms with E-state index in [1.807, 2.05) is 0 Å². The topological polar surface area (TPSA) is 63.2 Å². The molecular weight excluding hydrogens is 367 g/mol. The lowest BCUT2D eigenvalue weighted by Crippen LogP contribution is -2.23. The van der Waals surface area contributed by atoms with E-state index < -0.39 is 27.2 Å². The van der Waals surface area contributed by atoms with Gasteiger partial charge in [-0.3, -0.25) is 9.52 Å². The number of Topliss-reactive ketones (excluding diaryl/α,β-unsaturated/α-hetero) is 1. The minimum absolute atomic E-state index is 0.0762. The number of para-hydroxylation sites is 1. The number of hydrogen-bond donors (Lipinski definition) is 1. The molecule has 0 amide bonds. The molecule has 2 aromatic rings. The fraction of sp³-hybridized carbons (Fsp3) is 0.278. The van der Waals surface area contributed by atoms with Gasteiger partial charge in [-0.2, -0.15) is 13.2 Å². The summed E-state index contributed by atoms with van der Waals surface area (Å²) >= 11 is 0. The van der Waals surface area contributed by atoms with Gasteiger partial charge >= 0.3 is 6.18 Å². The number of nitrogens with one attached hydrogen (secondary N) is 1. The second kappa shape index (κ2) is 6.75. The maximum atomic E-state index is 12.6. The van der Waals surface area contributed by atoms with Crippen LogP contribution in [0.15, 0.2) is 53.4 Å². The van der Waals surface area contributed by atoms with Gasteiger partial charge in [-0.1, -0.05) is 32.9 Å². The molecule has 0 aromatic heterocycles. The van der Waals surface area contributed by atoms with E-state index in [4.69, 9.17) is 0 Å². The molecule has 0 unspecified atom stereocenters. The zero-order valence-electron chi connectivity index (χ0n) is 14.4. The van der Waals surface area contributed by atoms with E-state index in [1.165, 1.54) is 12.1 Å². The molecule has 0 spiro atoms. The molecule has 0 bridgehead atoms. The Hall–Kier alpha value is -2.35. The molecule has 0 atom stereocenters. The number of alkyl halides is 3. The van der Waals surface area contributed by atoms with Crippen LogP contribution in [-0.4, -0.2) is 14.2 Å². The molecule has 2 aromatic carbocycles. The number of halogens is 3. The Labute approximate surface area is 150 Å². The first-order valence-electron chi connectivity index (χ1n) is 7.66. The van der Waals surface area contributed by atoms with Gasteiger partial charge in [0.2, 0.25) is 0 Å². The fourth-order valence-corrected chi connectivity index (χ4v) is 3.28. The molecule has 0 saturated heterocycles.